The van der Waals surface area contributed by atoms with E-state index in [2.05, 4.69) is 0 Å². The molecule has 1 aromatic carbocycles. The zero-order chi connectivity index (χ0) is 39.1. The Morgan fingerprint density at radius 3 is 0.912 bits per heavy atom. The molecule has 7 rings (SSSR count). The summed E-state index contributed by atoms with van der Waals surface area (Å²) < 4.78 is 30.8. The number of benzene rings is 1. The minimum atomic E-state index is -3.44. The van der Waals surface area contributed by atoms with Crippen molar-refractivity contribution in [2.75, 3.05) is 20.3 Å². The Morgan fingerprint density at radius 2 is 0.684 bits per heavy atom. The van der Waals surface area contributed by atoms with Gasteiger partial charge in [0.1, 0.15) is 0 Å². The van der Waals surface area contributed by atoms with E-state index in [1.807, 2.05) is 24.3 Å². The van der Waals surface area contributed by atoms with Gasteiger partial charge in [-0.3, -0.25) is 0 Å². The first kappa shape index (κ1) is 47.3. The molecule has 57 heavy (non-hydrogen) atoms. The second kappa shape index (κ2) is 24.7. The molecule has 0 atom stereocenters. The molecule has 6 aliphatic carbocycles. The van der Waals surface area contributed by atoms with Crippen molar-refractivity contribution < 1.29 is 35.8 Å². The summed E-state index contributed by atoms with van der Waals surface area (Å²) in [6, 6.07) is 7.55. The summed E-state index contributed by atoms with van der Waals surface area (Å²) in [7, 11) is 1.00. The van der Waals surface area contributed by atoms with Crippen molar-refractivity contribution in [1.82, 2.24) is 0 Å². The number of hydrogen-bond acceptors (Lipinski definition) is 7. The third-order valence-corrected chi connectivity index (χ3v) is 50.6. The number of carbonyl (C=O) groups is 2. The molecule has 10 heteroatoms. The summed E-state index contributed by atoms with van der Waals surface area (Å²) in [5.74, 6) is 0.956. The van der Waals surface area contributed by atoms with Crippen LogP contribution in [0.25, 0.3) is 0 Å². The van der Waals surface area contributed by atoms with E-state index in [1.54, 1.807) is 0 Å². The molecular formula is C47H80O8Sn2. The van der Waals surface area contributed by atoms with Crippen LogP contribution in [0.3, 0.4) is 0 Å². The van der Waals surface area contributed by atoms with Gasteiger partial charge in [-0.1, -0.05) is 0 Å². The van der Waals surface area contributed by atoms with Crippen molar-refractivity contribution in [2.24, 2.45) is 0 Å². The molecule has 3 N–H and O–H groups in total. The normalized spacial score (nSPS) is 23.0. The SMILES string of the molecule is CO.O.O=C(COc1cccc(OCC(=O)[O][Sn]([CH]2CCCCC2)([CH]2CCCCC2)[CH]2CCCCC2)c1)[O][Sn]([CH]1CCCCC1)([CH]1CCCCC1)[CH]1CCCCC1. The number of rotatable bonds is 14. The van der Waals surface area contributed by atoms with Gasteiger partial charge in [0.15, 0.2) is 0 Å². The first-order valence-corrected chi connectivity index (χ1v) is 36.0. The fourth-order valence-corrected chi connectivity index (χ4v) is 52.5. The predicted molar refractivity (Wildman–Crippen MR) is 234 cm³/mol. The van der Waals surface area contributed by atoms with Crippen LogP contribution in [0.1, 0.15) is 193 Å². The number of aliphatic hydroxyl groups excluding tert-OH is 1. The summed E-state index contributed by atoms with van der Waals surface area (Å²) in [5, 5.41) is 7.00. The molecular weight excluding hydrogens is 930 g/mol. The van der Waals surface area contributed by atoms with E-state index in [9.17, 15) is 9.59 Å². The summed E-state index contributed by atoms with van der Waals surface area (Å²) in [4.78, 5) is 28.0. The number of aliphatic hydroxyl groups is 1. The topological polar surface area (TPSA) is 123 Å². The number of hydrogen-bond donors (Lipinski definition) is 1. The van der Waals surface area contributed by atoms with Crippen LogP contribution < -0.4 is 9.47 Å². The molecule has 0 aliphatic heterocycles. The van der Waals surface area contributed by atoms with Crippen LogP contribution in [0.4, 0.5) is 0 Å². The van der Waals surface area contributed by atoms with Crippen molar-refractivity contribution in [2.45, 2.75) is 216 Å². The zero-order valence-corrected chi connectivity index (χ0v) is 41.5. The van der Waals surface area contributed by atoms with Gasteiger partial charge in [0, 0.05) is 7.11 Å². The van der Waals surface area contributed by atoms with Crippen molar-refractivity contribution in [3.05, 3.63) is 24.3 Å². The molecule has 6 aliphatic rings. The monoisotopic (exact) mass is 1010 g/mol. The Bertz CT molecular complexity index is 1120. The van der Waals surface area contributed by atoms with Gasteiger partial charge >= 0.3 is 340 Å². The average Bonchev–Trinajstić information content (AvgIpc) is 3.28. The van der Waals surface area contributed by atoms with Crippen molar-refractivity contribution in [3.63, 3.8) is 0 Å². The van der Waals surface area contributed by atoms with Crippen molar-refractivity contribution >= 4 is 49.5 Å². The second-order valence-corrected chi connectivity index (χ2v) is 43.6. The fourth-order valence-electron chi connectivity index (χ4n) is 13.2. The Kier molecular flexibility index (Phi) is 20.5. The van der Waals surface area contributed by atoms with Gasteiger partial charge in [-0.15, -0.1) is 0 Å². The summed E-state index contributed by atoms with van der Waals surface area (Å²) in [5.41, 5.74) is 0. The van der Waals surface area contributed by atoms with E-state index in [4.69, 9.17) is 20.7 Å². The van der Waals surface area contributed by atoms with Crippen LogP contribution in [0.5, 0.6) is 11.5 Å². The van der Waals surface area contributed by atoms with Gasteiger partial charge in [-0.2, -0.15) is 0 Å². The van der Waals surface area contributed by atoms with Gasteiger partial charge in [0.05, 0.1) is 0 Å². The number of carbonyl (C=O) groups excluding carboxylic acids is 2. The van der Waals surface area contributed by atoms with Crippen molar-refractivity contribution in [3.8, 4) is 11.5 Å². The molecule has 6 saturated carbocycles. The molecule has 6 fully saturated rings. The van der Waals surface area contributed by atoms with Crippen LogP contribution >= 0.6 is 0 Å². The Labute approximate surface area is 355 Å². The molecule has 0 spiro atoms. The van der Waals surface area contributed by atoms with E-state index >= 15 is 0 Å². The first-order valence-electron chi connectivity index (χ1n) is 23.8. The maximum atomic E-state index is 14.0. The van der Waals surface area contributed by atoms with E-state index in [-0.39, 0.29) is 30.6 Å². The Balaban J connectivity index is 0.00000204. The van der Waals surface area contributed by atoms with Crippen molar-refractivity contribution in [1.29, 1.82) is 0 Å². The van der Waals surface area contributed by atoms with Crippen LogP contribution in [0.15, 0.2) is 24.3 Å². The van der Waals surface area contributed by atoms with Crippen LogP contribution in [-0.4, -0.2) is 80.4 Å². The quantitative estimate of drug-likeness (QED) is 0.184. The van der Waals surface area contributed by atoms with Gasteiger partial charge in [-0.05, 0) is 0 Å². The Morgan fingerprint density at radius 1 is 0.456 bits per heavy atom. The molecule has 0 amide bonds. The minimum absolute atomic E-state index is 0. The van der Waals surface area contributed by atoms with E-state index in [1.165, 1.54) is 193 Å². The first-order chi connectivity index (χ1) is 27.6. The molecule has 1 aromatic rings. The van der Waals surface area contributed by atoms with Gasteiger partial charge in [0.25, 0.3) is 0 Å². The molecule has 8 nitrogen and oxygen atoms in total. The molecule has 0 radical (unpaired) electrons. The number of ether oxygens (including phenoxy) is 2. The zero-order valence-electron chi connectivity index (χ0n) is 35.8. The molecule has 0 unspecified atom stereocenters. The third-order valence-electron chi connectivity index (χ3n) is 15.6. The molecule has 0 saturated heterocycles. The molecule has 0 bridgehead atoms. The van der Waals surface area contributed by atoms with E-state index < -0.39 is 37.6 Å². The second-order valence-electron chi connectivity index (χ2n) is 18.7. The predicted octanol–water partition coefficient (Wildman–Crippen LogP) is 12.2. The summed E-state index contributed by atoms with van der Waals surface area (Å²) in [6.45, 7) is -0.0883. The maximum absolute atomic E-state index is 14.0. The fraction of sp³-hybridized carbons (Fsp3) is 0.830. The van der Waals surface area contributed by atoms with Crippen LogP contribution in [0.2, 0.25) is 23.6 Å². The molecule has 0 heterocycles. The summed E-state index contributed by atoms with van der Waals surface area (Å²) in [6.07, 6.45) is 39.1. The van der Waals surface area contributed by atoms with Gasteiger partial charge in [0.2, 0.25) is 0 Å². The van der Waals surface area contributed by atoms with E-state index in [0.717, 1.165) is 7.11 Å². The van der Waals surface area contributed by atoms with Gasteiger partial charge in [-0.25, -0.2) is 0 Å². The van der Waals surface area contributed by atoms with Gasteiger partial charge < -0.3 is 10.6 Å². The molecule has 324 valence electrons. The van der Waals surface area contributed by atoms with E-state index in [0.29, 0.717) is 35.1 Å². The third kappa shape index (κ3) is 12.2. The average molecular weight is 1010 g/mol. The van der Waals surface area contributed by atoms with Crippen LogP contribution in [-0.2, 0) is 15.7 Å². The summed E-state index contributed by atoms with van der Waals surface area (Å²) >= 11 is -6.87. The standard InChI is InChI=1S/C10H10O6.6C6H11.CH4O.H2O.2Sn/c11-9(12)5-15-7-2-1-3-8(4-7)16-6-10(13)14;6*1-2-4-6-5-3-1;1-2;;;/h1-4H,5-6H2,(H,11,12)(H,13,14);6*1H,2-6H2;2H,1H3;1H2;;/q;;;;;;;;;2*+1/p-2. The van der Waals surface area contributed by atoms with Crippen LogP contribution in [0, 0.1) is 0 Å². The molecule has 0 aromatic heterocycles. The Hall–Kier alpha value is -0.723.